The van der Waals surface area contributed by atoms with Crippen LogP contribution in [0.15, 0.2) is 96.1 Å². The molecule has 52 heavy (non-hydrogen) atoms. The van der Waals surface area contributed by atoms with Crippen LogP contribution in [0.1, 0.15) is 163 Å². The third-order valence-corrected chi connectivity index (χ3v) is 13.1. The van der Waals surface area contributed by atoms with E-state index in [4.69, 9.17) is 0 Å². The van der Waals surface area contributed by atoms with Gasteiger partial charge in [0.1, 0.15) is 0 Å². The van der Waals surface area contributed by atoms with E-state index >= 15 is 0 Å². The molecule has 0 aliphatic heterocycles. The number of fused-ring (bicyclic) bond motifs is 2. The molecule has 0 nitrogen and oxygen atoms in total. The van der Waals surface area contributed by atoms with Crippen molar-refractivity contribution < 1.29 is 26.2 Å². The standard InChI is InChI=1S/C50H62Si.Zr/c1-7-9-11-13-17-41-31-47-43(39-27-23-37(24-28-39)35(3)4)19-15-21-45(47)49(41)33-51-34-50-42(18-14-12-10-8-2)32-48-44(20-16-22-46(48)50)40-29-25-38(26-30-40)36(5)6;/h15-16,19-32,35-36,49-50H,7-14,17-18,33-34H2,1-6H3;. The molecule has 0 spiro atoms. The normalized spacial score (nSPS) is 16.2. The smallest absolute Gasteiger partial charge is 0.0397 e. The average Bonchev–Trinajstić information content (AvgIpc) is 3.69. The monoisotopic (exact) mass is 780 g/mol. The molecule has 0 heterocycles. The minimum Gasteiger partial charge on any atom is -0.0654 e. The van der Waals surface area contributed by atoms with Crippen LogP contribution >= 0.6 is 0 Å². The van der Waals surface area contributed by atoms with Gasteiger partial charge in [-0.1, -0.05) is 200 Å². The number of unbranched alkanes of at least 4 members (excludes halogenated alkanes) is 6. The number of allylic oxidation sites excluding steroid dienone is 2. The summed E-state index contributed by atoms with van der Waals surface area (Å²) in [5.74, 6) is 2.22. The van der Waals surface area contributed by atoms with E-state index in [0.29, 0.717) is 23.7 Å². The third kappa shape index (κ3) is 9.57. The van der Waals surface area contributed by atoms with Gasteiger partial charge in [-0.25, -0.2) is 0 Å². The van der Waals surface area contributed by atoms with Crippen LogP contribution in [0.25, 0.3) is 34.4 Å². The maximum atomic E-state index is 2.61. The van der Waals surface area contributed by atoms with Crippen molar-refractivity contribution in [2.24, 2.45) is 0 Å². The van der Waals surface area contributed by atoms with E-state index in [0.717, 1.165) is 9.52 Å². The zero-order valence-corrected chi connectivity index (χ0v) is 36.5. The summed E-state index contributed by atoms with van der Waals surface area (Å²) in [5, 5.41) is 0. The van der Waals surface area contributed by atoms with E-state index in [1.54, 1.807) is 22.3 Å². The largest absolute Gasteiger partial charge is 0.0654 e. The van der Waals surface area contributed by atoms with E-state index in [1.807, 2.05) is 0 Å². The Labute approximate surface area is 339 Å². The summed E-state index contributed by atoms with van der Waals surface area (Å²) in [6, 6.07) is 35.6. The Balaban J connectivity index is 0.00000523. The second kappa shape index (κ2) is 19.7. The fraction of sp³-hybridized carbons (Fsp3) is 0.440. The van der Waals surface area contributed by atoms with Crippen LogP contribution in [0.5, 0.6) is 0 Å². The first kappa shape index (κ1) is 40.6. The molecule has 2 aliphatic rings. The van der Waals surface area contributed by atoms with Gasteiger partial charge in [0.2, 0.25) is 0 Å². The van der Waals surface area contributed by atoms with Crippen molar-refractivity contribution in [2.45, 2.75) is 142 Å². The molecule has 2 unspecified atom stereocenters. The summed E-state index contributed by atoms with van der Waals surface area (Å²) >= 11 is 0. The molecule has 0 amide bonds. The molecule has 0 N–H and O–H groups in total. The Kier molecular flexibility index (Phi) is 15.4. The minimum atomic E-state index is 0. The second-order valence-electron chi connectivity index (χ2n) is 16.0. The van der Waals surface area contributed by atoms with Gasteiger partial charge in [-0.3, -0.25) is 0 Å². The predicted octanol–water partition coefficient (Wildman–Crippen LogP) is 15.4. The Morgan fingerprint density at radius 2 is 0.904 bits per heavy atom. The molecular formula is C50H62SiZr. The van der Waals surface area contributed by atoms with Crippen molar-refractivity contribution in [1.82, 2.24) is 0 Å². The van der Waals surface area contributed by atoms with E-state index < -0.39 is 0 Å². The summed E-state index contributed by atoms with van der Waals surface area (Å²) in [4.78, 5) is 0. The fourth-order valence-electron chi connectivity index (χ4n) is 8.52. The molecule has 2 atom stereocenters. The van der Waals surface area contributed by atoms with Gasteiger partial charge in [0.25, 0.3) is 0 Å². The van der Waals surface area contributed by atoms with E-state index in [-0.39, 0.29) is 26.2 Å². The SMILES string of the molecule is CCCCCCC1=Cc2c(-c3ccc(C(C)C)cc3)cccc2C1C[Si]CC1C(CCCCCC)=Cc2c(-c3ccc(C(C)C)cc3)cccc21.[Zr]. The summed E-state index contributed by atoms with van der Waals surface area (Å²) in [6.45, 7) is 13.8. The number of benzene rings is 4. The van der Waals surface area contributed by atoms with Crippen LogP contribution in [-0.2, 0) is 26.2 Å². The van der Waals surface area contributed by atoms with Crippen LogP contribution < -0.4 is 0 Å². The van der Waals surface area contributed by atoms with Gasteiger partial charge in [-0.05, 0) is 93.2 Å². The molecule has 2 aliphatic carbocycles. The molecule has 0 bridgehead atoms. The molecule has 2 radical (unpaired) electrons. The summed E-state index contributed by atoms with van der Waals surface area (Å²) < 4.78 is 0. The molecule has 270 valence electrons. The van der Waals surface area contributed by atoms with Gasteiger partial charge in [0.05, 0.1) is 0 Å². The number of rotatable bonds is 18. The quantitative estimate of drug-likeness (QED) is 0.0697. The molecule has 4 aromatic rings. The van der Waals surface area contributed by atoms with Gasteiger partial charge >= 0.3 is 0 Å². The van der Waals surface area contributed by atoms with E-state index in [2.05, 4.69) is 139 Å². The zero-order chi connectivity index (χ0) is 35.7. The van der Waals surface area contributed by atoms with Crippen molar-refractivity contribution in [3.8, 4) is 22.3 Å². The van der Waals surface area contributed by atoms with Crippen molar-refractivity contribution in [2.75, 3.05) is 0 Å². The summed E-state index contributed by atoms with van der Waals surface area (Å²) in [7, 11) is 0.943. The van der Waals surface area contributed by atoms with Gasteiger partial charge < -0.3 is 0 Å². The van der Waals surface area contributed by atoms with Crippen molar-refractivity contribution in [3.05, 3.63) is 129 Å². The van der Waals surface area contributed by atoms with Crippen LogP contribution in [-0.4, -0.2) is 9.52 Å². The predicted molar refractivity (Wildman–Crippen MR) is 226 cm³/mol. The first-order valence-corrected chi connectivity index (χ1v) is 21.9. The summed E-state index contributed by atoms with van der Waals surface area (Å²) in [5.41, 5.74) is 17.9. The van der Waals surface area contributed by atoms with Crippen molar-refractivity contribution in [3.63, 3.8) is 0 Å². The molecule has 6 rings (SSSR count). The van der Waals surface area contributed by atoms with E-state index in [9.17, 15) is 0 Å². The Hall–Kier alpha value is -2.54. The first-order chi connectivity index (χ1) is 24.9. The molecule has 0 fully saturated rings. The summed E-state index contributed by atoms with van der Waals surface area (Å²) in [6.07, 6.45) is 18.3. The zero-order valence-electron chi connectivity index (χ0n) is 33.0. The molecule has 2 heteroatoms. The Morgan fingerprint density at radius 3 is 1.27 bits per heavy atom. The topological polar surface area (TPSA) is 0 Å². The minimum absolute atomic E-state index is 0. The average molecular weight is 782 g/mol. The second-order valence-corrected chi connectivity index (χ2v) is 17.3. The van der Waals surface area contributed by atoms with Crippen molar-refractivity contribution >= 4 is 21.7 Å². The van der Waals surface area contributed by atoms with Gasteiger partial charge in [0.15, 0.2) is 0 Å². The Morgan fingerprint density at radius 1 is 0.500 bits per heavy atom. The van der Waals surface area contributed by atoms with Crippen LogP contribution in [0.3, 0.4) is 0 Å². The van der Waals surface area contributed by atoms with Gasteiger partial charge in [-0.15, -0.1) is 0 Å². The van der Waals surface area contributed by atoms with Crippen LogP contribution in [0, 0.1) is 0 Å². The fourth-order valence-corrected chi connectivity index (χ4v) is 10.2. The van der Waals surface area contributed by atoms with E-state index in [1.165, 1.54) is 121 Å². The van der Waals surface area contributed by atoms with Crippen LogP contribution in [0.4, 0.5) is 0 Å². The number of hydrogen-bond acceptors (Lipinski definition) is 0. The maximum Gasteiger partial charge on any atom is 0.0397 e. The molecule has 0 saturated carbocycles. The van der Waals surface area contributed by atoms with Gasteiger partial charge in [-0.2, -0.15) is 0 Å². The maximum absolute atomic E-state index is 2.61. The number of hydrogen-bond donors (Lipinski definition) is 0. The van der Waals surface area contributed by atoms with Crippen LogP contribution in [0.2, 0.25) is 12.1 Å². The Bertz CT molecular complexity index is 1660. The third-order valence-electron chi connectivity index (χ3n) is 11.7. The van der Waals surface area contributed by atoms with Crippen molar-refractivity contribution in [1.29, 1.82) is 0 Å². The molecular weight excluding hydrogens is 720 g/mol. The first-order valence-electron chi connectivity index (χ1n) is 20.5. The molecule has 0 aromatic heterocycles. The van der Waals surface area contributed by atoms with Gasteiger partial charge in [0, 0.05) is 47.6 Å². The molecule has 0 saturated heterocycles. The molecule has 4 aromatic carbocycles.